The molecule has 0 saturated carbocycles. The second-order valence-electron chi connectivity index (χ2n) is 8.42. The van der Waals surface area contributed by atoms with E-state index in [1.807, 2.05) is 0 Å². The smallest absolute Gasteiger partial charge is 0.465 e. The van der Waals surface area contributed by atoms with Crippen molar-refractivity contribution in [1.82, 2.24) is 0 Å². The average Bonchev–Trinajstić information content (AvgIpc) is 2.78. The first kappa shape index (κ1) is 20.5. The van der Waals surface area contributed by atoms with Gasteiger partial charge in [0, 0.05) is 0 Å². The summed E-state index contributed by atoms with van der Waals surface area (Å²) in [7, 11) is -0.277. The Morgan fingerprint density at radius 3 is 2.36 bits per heavy atom. The van der Waals surface area contributed by atoms with Crippen LogP contribution in [-0.4, -0.2) is 30.9 Å². The van der Waals surface area contributed by atoms with E-state index in [1.165, 1.54) is 24.7 Å². The van der Waals surface area contributed by atoms with Crippen LogP contribution in [0.2, 0.25) is 0 Å². The first-order valence-electron chi connectivity index (χ1n) is 9.98. The van der Waals surface area contributed by atoms with Crippen molar-refractivity contribution in [3.05, 3.63) is 11.5 Å². The molecule has 0 aromatic rings. The number of hydrogen-bond acceptors (Lipinski definition) is 4. The lowest BCUT2D eigenvalue weighted by Gasteiger charge is -2.32. The van der Waals surface area contributed by atoms with Crippen LogP contribution in [-0.2, 0) is 18.8 Å². The fraction of sp³-hybridized carbons (Fsp3) is 0.850. The van der Waals surface area contributed by atoms with E-state index in [0.717, 1.165) is 32.1 Å². The van der Waals surface area contributed by atoms with E-state index >= 15 is 0 Å². The summed E-state index contributed by atoms with van der Waals surface area (Å²) in [6, 6.07) is 0. The summed E-state index contributed by atoms with van der Waals surface area (Å²) in [5.41, 5.74) is 0.542. The predicted octanol–water partition coefficient (Wildman–Crippen LogP) is 4.86. The van der Waals surface area contributed by atoms with Gasteiger partial charge in [0.2, 0.25) is 0 Å². The molecule has 0 aromatic carbocycles. The predicted molar refractivity (Wildman–Crippen MR) is 101 cm³/mol. The van der Waals surface area contributed by atoms with Crippen LogP contribution in [0.3, 0.4) is 0 Å². The van der Waals surface area contributed by atoms with Gasteiger partial charge in [-0.05, 0) is 58.9 Å². The average molecular weight is 350 g/mol. The third-order valence-electron chi connectivity index (χ3n) is 5.83. The second kappa shape index (κ2) is 8.72. The third-order valence-corrected chi connectivity index (χ3v) is 5.83. The van der Waals surface area contributed by atoms with Gasteiger partial charge in [-0.1, -0.05) is 38.7 Å². The number of carbonyl (C=O) groups excluding carboxylic acids is 1. The van der Waals surface area contributed by atoms with Crippen molar-refractivity contribution in [2.45, 2.75) is 97.2 Å². The third kappa shape index (κ3) is 5.33. The minimum Gasteiger partial charge on any atom is -0.465 e. The minimum absolute atomic E-state index is 0.0122. The van der Waals surface area contributed by atoms with Crippen molar-refractivity contribution in [2.75, 3.05) is 6.61 Å². The van der Waals surface area contributed by atoms with Gasteiger partial charge in [-0.2, -0.15) is 0 Å². The zero-order chi connectivity index (χ0) is 18.5. The summed E-state index contributed by atoms with van der Waals surface area (Å²) in [6.07, 6.45) is 10.4. The Morgan fingerprint density at radius 2 is 1.80 bits per heavy atom. The summed E-state index contributed by atoms with van der Waals surface area (Å²) < 4.78 is 17.7. The molecule has 1 atom stereocenters. The highest BCUT2D eigenvalue weighted by atomic mass is 16.7. The Morgan fingerprint density at radius 1 is 1.16 bits per heavy atom. The number of unbranched alkanes of at least 4 members (excludes halogenated alkanes) is 4. The molecule has 2 rings (SSSR count). The zero-order valence-electron chi connectivity index (χ0n) is 16.7. The number of hydrogen-bond donors (Lipinski definition) is 0. The van der Waals surface area contributed by atoms with Gasteiger partial charge in [-0.3, -0.25) is 4.79 Å². The molecule has 0 bridgehead atoms. The van der Waals surface area contributed by atoms with E-state index in [4.69, 9.17) is 14.0 Å². The molecule has 5 heteroatoms. The first-order valence-corrected chi connectivity index (χ1v) is 9.98. The van der Waals surface area contributed by atoms with E-state index in [1.54, 1.807) is 0 Å². The van der Waals surface area contributed by atoms with Gasteiger partial charge in [0.25, 0.3) is 0 Å². The topological polar surface area (TPSA) is 44.8 Å². The van der Waals surface area contributed by atoms with Crippen LogP contribution >= 0.6 is 0 Å². The zero-order valence-corrected chi connectivity index (χ0v) is 16.7. The van der Waals surface area contributed by atoms with Gasteiger partial charge in [0.15, 0.2) is 0 Å². The van der Waals surface area contributed by atoms with Crippen LogP contribution < -0.4 is 0 Å². The fourth-order valence-corrected chi connectivity index (χ4v) is 3.27. The molecule has 142 valence electrons. The summed E-state index contributed by atoms with van der Waals surface area (Å²) in [4.78, 5) is 12.2. The van der Waals surface area contributed by atoms with Crippen LogP contribution in [0.5, 0.6) is 0 Å². The van der Waals surface area contributed by atoms with E-state index in [9.17, 15) is 4.79 Å². The van der Waals surface area contributed by atoms with Gasteiger partial charge in [-0.15, -0.1) is 0 Å². The van der Waals surface area contributed by atoms with Crippen molar-refractivity contribution >= 4 is 13.1 Å². The molecule has 1 fully saturated rings. The molecule has 1 heterocycles. The summed E-state index contributed by atoms with van der Waals surface area (Å²) in [5, 5.41) is 0. The molecule has 25 heavy (non-hydrogen) atoms. The molecule has 1 aliphatic heterocycles. The number of allylic oxidation sites excluding steroid dienone is 2. The highest BCUT2D eigenvalue weighted by Crippen LogP contribution is 2.40. The first-order chi connectivity index (χ1) is 11.8. The number of rotatable bonds is 8. The second-order valence-corrected chi connectivity index (χ2v) is 8.42. The molecule has 0 amide bonds. The Hall–Kier alpha value is -0.805. The van der Waals surface area contributed by atoms with Gasteiger partial charge in [0.05, 0.1) is 23.7 Å². The lowest BCUT2D eigenvalue weighted by Crippen LogP contribution is -2.41. The standard InChI is InChI=1S/C20H35BO4/c1-6-7-8-9-10-15-23-18(22)16-11-13-17(14-12-16)21-24-19(2,3)20(4,5)25-21/h13,16H,6-12,14-15H2,1-5H3. The van der Waals surface area contributed by atoms with Crippen LogP contribution in [0.4, 0.5) is 0 Å². The van der Waals surface area contributed by atoms with Crippen LogP contribution in [0.1, 0.15) is 86.0 Å². The van der Waals surface area contributed by atoms with E-state index in [0.29, 0.717) is 6.61 Å². The maximum absolute atomic E-state index is 12.2. The van der Waals surface area contributed by atoms with Crippen LogP contribution in [0.25, 0.3) is 0 Å². The number of esters is 1. The monoisotopic (exact) mass is 350 g/mol. The van der Waals surface area contributed by atoms with Gasteiger partial charge < -0.3 is 14.0 Å². The molecule has 1 aliphatic carbocycles. The van der Waals surface area contributed by atoms with E-state index < -0.39 is 0 Å². The van der Waals surface area contributed by atoms with Crippen molar-refractivity contribution < 1.29 is 18.8 Å². The van der Waals surface area contributed by atoms with Crippen LogP contribution in [0.15, 0.2) is 11.5 Å². The summed E-state index contributed by atoms with van der Waals surface area (Å²) in [6.45, 7) is 11.0. The summed E-state index contributed by atoms with van der Waals surface area (Å²) in [5.74, 6) is -0.0541. The number of carbonyl (C=O) groups is 1. The highest BCUT2D eigenvalue weighted by molar-refractivity contribution is 6.54. The largest absolute Gasteiger partial charge is 0.490 e. The van der Waals surface area contributed by atoms with Gasteiger partial charge in [0.1, 0.15) is 0 Å². The Kier molecular flexibility index (Phi) is 7.15. The molecule has 0 N–H and O–H groups in total. The van der Waals surface area contributed by atoms with Crippen LogP contribution in [0, 0.1) is 5.92 Å². The lowest BCUT2D eigenvalue weighted by atomic mass is 9.70. The highest BCUT2D eigenvalue weighted by Gasteiger charge is 2.52. The minimum atomic E-state index is -0.313. The fourth-order valence-electron chi connectivity index (χ4n) is 3.27. The van der Waals surface area contributed by atoms with Crippen molar-refractivity contribution in [3.63, 3.8) is 0 Å². The molecule has 0 radical (unpaired) electrons. The molecular formula is C20H35BO4. The normalized spacial score (nSPS) is 24.9. The molecule has 0 spiro atoms. The lowest BCUT2D eigenvalue weighted by molar-refractivity contribution is -0.148. The quantitative estimate of drug-likeness (QED) is 0.356. The molecular weight excluding hydrogens is 315 g/mol. The maximum atomic E-state index is 12.2. The Labute approximate surface area is 153 Å². The summed E-state index contributed by atoms with van der Waals surface area (Å²) >= 11 is 0. The van der Waals surface area contributed by atoms with Crippen molar-refractivity contribution in [3.8, 4) is 0 Å². The van der Waals surface area contributed by atoms with E-state index in [2.05, 4.69) is 40.7 Å². The Balaban J connectivity index is 1.74. The Bertz CT molecular complexity index is 468. The molecule has 2 aliphatic rings. The molecule has 1 unspecified atom stereocenters. The van der Waals surface area contributed by atoms with Gasteiger partial charge >= 0.3 is 13.1 Å². The maximum Gasteiger partial charge on any atom is 0.490 e. The van der Waals surface area contributed by atoms with Gasteiger partial charge in [-0.25, -0.2) is 0 Å². The molecule has 0 aromatic heterocycles. The van der Waals surface area contributed by atoms with Crippen molar-refractivity contribution in [2.24, 2.45) is 5.92 Å². The van der Waals surface area contributed by atoms with E-state index in [-0.39, 0.29) is 30.2 Å². The molecule has 1 saturated heterocycles. The number of ether oxygens (including phenoxy) is 1. The SMILES string of the molecule is CCCCCCCOC(=O)C1CC=C(B2OC(C)(C)C(C)(C)O2)CC1. The molecule has 4 nitrogen and oxygen atoms in total. The van der Waals surface area contributed by atoms with Crippen molar-refractivity contribution in [1.29, 1.82) is 0 Å².